The number of carbonyl (C=O) groups is 2. The van der Waals surface area contributed by atoms with Crippen molar-refractivity contribution in [1.82, 2.24) is 9.78 Å². The fraction of sp³-hybridized carbons (Fsp3) is 0.240. The smallest absolute Gasteiger partial charge is 0.348 e. The predicted octanol–water partition coefficient (Wildman–Crippen LogP) is 4.68. The predicted molar refractivity (Wildman–Crippen MR) is 137 cm³/mol. The number of amides is 1. The van der Waals surface area contributed by atoms with Crippen LogP contribution in [0.3, 0.4) is 0 Å². The third-order valence-electron chi connectivity index (χ3n) is 5.69. The second kappa shape index (κ2) is 10.1. The standard InChI is InChI=1S/C25H23ClN4O4S/c1-16-19-14-22(35-24(19)30(28-16)21-5-3-2-4-20(21)26)25(32)34-15-23(31)27-17-6-8-18(9-7-17)29-10-12-33-13-11-29/h2-9,14H,10-13,15H2,1H3,(H,27,31). The van der Waals surface area contributed by atoms with Crippen molar-refractivity contribution in [2.45, 2.75) is 6.92 Å². The Morgan fingerprint density at radius 3 is 2.63 bits per heavy atom. The summed E-state index contributed by atoms with van der Waals surface area (Å²) < 4.78 is 12.4. The number of hydrogen-bond acceptors (Lipinski definition) is 7. The van der Waals surface area contributed by atoms with Gasteiger partial charge in [-0.25, -0.2) is 9.48 Å². The Balaban J connectivity index is 1.21. The number of nitrogens with zero attached hydrogens (tertiary/aromatic N) is 3. The van der Waals surface area contributed by atoms with Crippen LogP contribution in [0.15, 0.2) is 54.6 Å². The summed E-state index contributed by atoms with van der Waals surface area (Å²) in [7, 11) is 0. The van der Waals surface area contributed by atoms with Gasteiger partial charge >= 0.3 is 5.97 Å². The summed E-state index contributed by atoms with van der Waals surface area (Å²) in [6.07, 6.45) is 0. The fourth-order valence-corrected chi connectivity index (χ4v) is 5.20. The first-order chi connectivity index (χ1) is 17.0. The lowest BCUT2D eigenvalue weighted by atomic mass is 10.2. The highest BCUT2D eigenvalue weighted by Gasteiger charge is 2.20. The molecule has 4 aromatic rings. The van der Waals surface area contributed by atoms with Crippen LogP contribution in [0.4, 0.5) is 11.4 Å². The summed E-state index contributed by atoms with van der Waals surface area (Å²) >= 11 is 7.59. The van der Waals surface area contributed by atoms with Crippen molar-refractivity contribution < 1.29 is 19.1 Å². The maximum absolute atomic E-state index is 12.7. The van der Waals surface area contributed by atoms with Crippen LogP contribution in [0.25, 0.3) is 15.9 Å². The topological polar surface area (TPSA) is 85.7 Å². The number of hydrogen-bond donors (Lipinski definition) is 1. The second-order valence-electron chi connectivity index (χ2n) is 8.05. The summed E-state index contributed by atoms with van der Waals surface area (Å²) in [6.45, 7) is 4.59. The van der Waals surface area contributed by atoms with Crippen molar-refractivity contribution >= 4 is 56.4 Å². The number of ether oxygens (including phenoxy) is 2. The van der Waals surface area contributed by atoms with Crippen molar-refractivity contribution in [2.24, 2.45) is 0 Å². The maximum Gasteiger partial charge on any atom is 0.348 e. The van der Waals surface area contributed by atoms with E-state index in [0.29, 0.717) is 28.8 Å². The van der Waals surface area contributed by atoms with Crippen LogP contribution >= 0.6 is 22.9 Å². The molecular formula is C25H23ClN4O4S. The Kier molecular flexibility index (Phi) is 6.72. The Morgan fingerprint density at radius 1 is 1.14 bits per heavy atom. The van der Waals surface area contributed by atoms with Gasteiger partial charge in [-0.15, -0.1) is 11.3 Å². The van der Waals surface area contributed by atoms with E-state index >= 15 is 0 Å². The van der Waals surface area contributed by atoms with Crippen LogP contribution in [0.2, 0.25) is 5.02 Å². The monoisotopic (exact) mass is 510 g/mol. The molecule has 1 N–H and O–H groups in total. The minimum Gasteiger partial charge on any atom is -0.451 e. The van der Waals surface area contributed by atoms with Gasteiger partial charge in [-0.3, -0.25) is 4.79 Å². The zero-order valence-electron chi connectivity index (χ0n) is 19.0. The van der Waals surface area contributed by atoms with Gasteiger partial charge in [0.1, 0.15) is 9.71 Å². The molecule has 10 heteroatoms. The van der Waals surface area contributed by atoms with Crippen molar-refractivity contribution in [2.75, 3.05) is 43.1 Å². The average Bonchev–Trinajstić information content (AvgIpc) is 3.45. The molecule has 3 heterocycles. The van der Waals surface area contributed by atoms with E-state index in [2.05, 4.69) is 15.3 Å². The first-order valence-corrected chi connectivity index (χ1v) is 12.3. The lowest BCUT2D eigenvalue weighted by Crippen LogP contribution is -2.36. The minimum atomic E-state index is -0.561. The molecule has 0 spiro atoms. The number of aryl methyl sites for hydroxylation is 1. The van der Waals surface area contributed by atoms with Crippen LogP contribution in [0.5, 0.6) is 0 Å². The van der Waals surface area contributed by atoms with Crippen LogP contribution in [-0.2, 0) is 14.3 Å². The van der Waals surface area contributed by atoms with E-state index in [1.54, 1.807) is 16.8 Å². The van der Waals surface area contributed by atoms with Crippen molar-refractivity contribution in [3.05, 3.63) is 70.2 Å². The number of anilines is 2. The maximum atomic E-state index is 12.7. The van der Waals surface area contributed by atoms with Gasteiger partial charge < -0.3 is 19.7 Å². The van der Waals surface area contributed by atoms with Crippen LogP contribution in [0, 0.1) is 6.92 Å². The summed E-state index contributed by atoms with van der Waals surface area (Å²) in [5.74, 6) is -0.967. The highest BCUT2D eigenvalue weighted by molar-refractivity contribution is 7.20. The Bertz CT molecular complexity index is 1380. The third kappa shape index (κ3) is 5.02. The Hall–Kier alpha value is -3.40. The fourth-order valence-electron chi connectivity index (χ4n) is 3.91. The third-order valence-corrected chi connectivity index (χ3v) is 7.10. The van der Waals surface area contributed by atoms with Crippen LogP contribution in [-0.4, -0.2) is 54.6 Å². The van der Waals surface area contributed by atoms with E-state index in [1.807, 2.05) is 49.4 Å². The molecule has 35 heavy (non-hydrogen) atoms. The van der Waals surface area contributed by atoms with Gasteiger partial charge in [-0.05, 0) is 49.4 Å². The molecule has 0 radical (unpaired) electrons. The van der Waals surface area contributed by atoms with Gasteiger partial charge in [0.05, 0.1) is 29.6 Å². The van der Waals surface area contributed by atoms with Gasteiger partial charge in [-0.2, -0.15) is 5.10 Å². The van der Waals surface area contributed by atoms with Crippen molar-refractivity contribution in [3.8, 4) is 5.69 Å². The number of thiophene rings is 1. The number of para-hydroxylation sites is 1. The lowest BCUT2D eigenvalue weighted by Gasteiger charge is -2.28. The molecule has 1 aliphatic heterocycles. The molecule has 0 aliphatic carbocycles. The first kappa shape index (κ1) is 23.3. The molecule has 0 atom stereocenters. The number of halogens is 1. The molecule has 5 rings (SSSR count). The highest BCUT2D eigenvalue weighted by atomic mass is 35.5. The van der Waals surface area contributed by atoms with E-state index in [-0.39, 0.29) is 6.61 Å². The molecule has 1 saturated heterocycles. The number of morpholine rings is 1. The van der Waals surface area contributed by atoms with Gasteiger partial charge in [0, 0.05) is 29.9 Å². The molecule has 0 saturated carbocycles. The van der Waals surface area contributed by atoms with Gasteiger partial charge in [0.15, 0.2) is 6.61 Å². The highest BCUT2D eigenvalue weighted by Crippen LogP contribution is 2.32. The number of aromatic nitrogens is 2. The summed E-state index contributed by atoms with van der Waals surface area (Å²) in [6, 6.07) is 16.7. The number of fused-ring (bicyclic) bond motifs is 1. The number of benzene rings is 2. The number of esters is 1. The van der Waals surface area contributed by atoms with E-state index in [4.69, 9.17) is 21.1 Å². The molecular weight excluding hydrogens is 488 g/mol. The lowest BCUT2D eigenvalue weighted by molar-refractivity contribution is -0.119. The van der Waals surface area contributed by atoms with E-state index in [1.165, 1.54) is 11.3 Å². The molecule has 1 amide bonds. The second-order valence-corrected chi connectivity index (χ2v) is 9.49. The Labute approximate surface area is 211 Å². The molecule has 0 unspecified atom stereocenters. The molecule has 0 bridgehead atoms. The van der Waals surface area contributed by atoms with Crippen LogP contribution < -0.4 is 10.2 Å². The summed E-state index contributed by atoms with van der Waals surface area (Å²) in [5, 5.41) is 8.72. The normalized spacial score (nSPS) is 13.7. The van der Waals surface area contributed by atoms with E-state index < -0.39 is 11.9 Å². The number of nitrogens with one attached hydrogen (secondary N) is 1. The molecule has 180 valence electrons. The molecule has 1 aliphatic rings. The van der Waals surface area contributed by atoms with Crippen LogP contribution in [0.1, 0.15) is 15.4 Å². The van der Waals surface area contributed by atoms with Crippen molar-refractivity contribution in [1.29, 1.82) is 0 Å². The quantitative estimate of drug-likeness (QED) is 0.379. The Morgan fingerprint density at radius 2 is 1.89 bits per heavy atom. The van der Waals surface area contributed by atoms with E-state index in [9.17, 15) is 9.59 Å². The average molecular weight is 511 g/mol. The summed E-state index contributed by atoms with van der Waals surface area (Å²) in [5.41, 5.74) is 3.22. The van der Waals surface area contributed by atoms with Crippen molar-refractivity contribution in [3.63, 3.8) is 0 Å². The number of carbonyl (C=O) groups excluding carboxylic acids is 2. The SMILES string of the molecule is Cc1nn(-c2ccccc2Cl)c2sc(C(=O)OCC(=O)Nc3ccc(N4CCOCC4)cc3)cc12. The number of rotatable bonds is 6. The summed E-state index contributed by atoms with van der Waals surface area (Å²) in [4.78, 5) is 28.4. The van der Waals surface area contributed by atoms with Gasteiger partial charge in [0.25, 0.3) is 5.91 Å². The molecule has 2 aromatic heterocycles. The largest absolute Gasteiger partial charge is 0.451 e. The molecule has 1 fully saturated rings. The molecule has 8 nitrogen and oxygen atoms in total. The first-order valence-electron chi connectivity index (χ1n) is 11.1. The zero-order chi connectivity index (χ0) is 24.4. The van der Waals surface area contributed by atoms with Gasteiger partial charge in [-0.1, -0.05) is 23.7 Å². The minimum absolute atomic E-state index is 0.381. The van der Waals surface area contributed by atoms with E-state index in [0.717, 1.165) is 40.4 Å². The zero-order valence-corrected chi connectivity index (χ0v) is 20.6. The molecule has 2 aromatic carbocycles. The van der Waals surface area contributed by atoms with Gasteiger partial charge in [0.2, 0.25) is 0 Å².